The molecule has 0 unspecified atom stereocenters. The maximum Gasteiger partial charge on any atom is 0.257 e. The zero-order chi connectivity index (χ0) is 16.0. The number of halogens is 1. The first-order valence-corrected chi connectivity index (χ1v) is 9.25. The number of amides is 1. The van der Waals surface area contributed by atoms with Gasteiger partial charge in [-0.15, -0.1) is 24.2 Å². The Balaban J connectivity index is 0.00000441. The lowest BCUT2D eigenvalue weighted by Crippen LogP contribution is -2.35. The fourth-order valence-electron chi connectivity index (χ4n) is 1.58. The van der Waals surface area contributed by atoms with Crippen molar-refractivity contribution in [2.24, 2.45) is 5.73 Å². The molecule has 0 aromatic heterocycles. The maximum atomic E-state index is 11.9. The minimum Gasteiger partial charge on any atom is -0.370 e. The van der Waals surface area contributed by atoms with Gasteiger partial charge in [0.15, 0.2) is 15.8 Å². The minimum atomic E-state index is -3.44. The Labute approximate surface area is 141 Å². The summed E-state index contributed by atoms with van der Waals surface area (Å²) in [4.78, 5) is 12.5. The molecule has 0 atom stereocenters. The van der Waals surface area contributed by atoms with Crippen LogP contribution in [0.25, 0.3) is 0 Å². The third-order valence-electron chi connectivity index (χ3n) is 2.61. The van der Waals surface area contributed by atoms with Gasteiger partial charge in [0.2, 0.25) is 0 Å². The largest absolute Gasteiger partial charge is 0.370 e. The highest BCUT2D eigenvalue weighted by molar-refractivity contribution is 8.00. The minimum absolute atomic E-state index is 0. The van der Waals surface area contributed by atoms with Gasteiger partial charge in [-0.3, -0.25) is 15.5 Å². The van der Waals surface area contributed by atoms with Crippen molar-refractivity contribution in [2.75, 3.05) is 12.0 Å². The van der Waals surface area contributed by atoms with Gasteiger partial charge in [0.25, 0.3) is 5.91 Å². The lowest BCUT2D eigenvalue weighted by Gasteiger charge is -2.10. The average Bonchev–Trinajstić information content (AvgIpc) is 2.37. The standard InChI is InChI=1S/C13H19N3O3S2.ClH/c1-3-4-7-20-10-6-5-9(12(17)16-13(14)15)8-11(10)21(2,18)19;/h5-6,8H,3-4,7H2,1-2H3,(H4,14,15,16,17);1H. The van der Waals surface area contributed by atoms with E-state index in [1.807, 2.05) is 0 Å². The van der Waals surface area contributed by atoms with Crippen LogP contribution in [0.1, 0.15) is 30.1 Å². The van der Waals surface area contributed by atoms with Gasteiger partial charge in [-0.05, 0) is 30.4 Å². The topological polar surface area (TPSA) is 113 Å². The number of nitrogens with one attached hydrogen (secondary N) is 2. The van der Waals surface area contributed by atoms with Gasteiger partial charge in [0.05, 0.1) is 4.90 Å². The molecular formula is C13H20ClN3O3S2. The number of benzene rings is 1. The highest BCUT2D eigenvalue weighted by Crippen LogP contribution is 2.28. The molecule has 0 aliphatic heterocycles. The van der Waals surface area contributed by atoms with E-state index in [9.17, 15) is 13.2 Å². The summed E-state index contributed by atoms with van der Waals surface area (Å²) < 4.78 is 23.7. The first kappa shape index (κ1) is 20.8. The first-order valence-electron chi connectivity index (χ1n) is 6.38. The van der Waals surface area contributed by atoms with Crippen LogP contribution in [-0.2, 0) is 9.84 Å². The van der Waals surface area contributed by atoms with E-state index in [1.54, 1.807) is 6.07 Å². The number of hydrogen-bond donors (Lipinski definition) is 3. The summed E-state index contributed by atoms with van der Waals surface area (Å²) in [5, 5.41) is 9.16. The zero-order valence-electron chi connectivity index (χ0n) is 12.4. The predicted molar refractivity (Wildman–Crippen MR) is 91.8 cm³/mol. The molecule has 0 fully saturated rings. The number of guanidine groups is 1. The van der Waals surface area contributed by atoms with E-state index in [-0.39, 0.29) is 22.9 Å². The molecule has 124 valence electrons. The Kier molecular flexibility index (Phi) is 8.50. The van der Waals surface area contributed by atoms with Crippen LogP contribution in [0, 0.1) is 5.41 Å². The molecule has 0 saturated heterocycles. The molecule has 1 rings (SSSR count). The highest BCUT2D eigenvalue weighted by atomic mass is 35.5. The highest BCUT2D eigenvalue weighted by Gasteiger charge is 2.17. The van der Waals surface area contributed by atoms with E-state index in [2.05, 4.69) is 12.2 Å². The van der Waals surface area contributed by atoms with Crippen molar-refractivity contribution in [1.29, 1.82) is 5.41 Å². The summed E-state index contributed by atoms with van der Waals surface area (Å²) in [5.41, 5.74) is 5.25. The van der Waals surface area contributed by atoms with Crippen LogP contribution in [0.3, 0.4) is 0 Å². The molecule has 0 bridgehead atoms. The Morgan fingerprint density at radius 3 is 2.55 bits per heavy atom. The van der Waals surface area contributed by atoms with Gasteiger partial charge >= 0.3 is 0 Å². The molecule has 0 heterocycles. The van der Waals surface area contributed by atoms with E-state index in [1.165, 1.54) is 23.9 Å². The smallest absolute Gasteiger partial charge is 0.257 e. The van der Waals surface area contributed by atoms with Crippen LogP contribution >= 0.6 is 24.2 Å². The van der Waals surface area contributed by atoms with Crippen molar-refractivity contribution in [1.82, 2.24) is 5.32 Å². The van der Waals surface area contributed by atoms with E-state index in [0.29, 0.717) is 4.90 Å². The predicted octanol–water partition coefficient (Wildman–Crippen LogP) is 2.03. The van der Waals surface area contributed by atoms with Crippen molar-refractivity contribution < 1.29 is 13.2 Å². The maximum absolute atomic E-state index is 11.9. The van der Waals surface area contributed by atoms with Crippen LogP contribution in [0.4, 0.5) is 0 Å². The number of thioether (sulfide) groups is 1. The summed E-state index contributed by atoms with van der Waals surface area (Å²) >= 11 is 1.46. The Bertz CT molecular complexity index is 648. The fourth-order valence-corrected chi connectivity index (χ4v) is 4.00. The van der Waals surface area contributed by atoms with Crippen LogP contribution in [-0.4, -0.2) is 32.3 Å². The lowest BCUT2D eigenvalue weighted by atomic mass is 10.2. The number of rotatable bonds is 6. The van der Waals surface area contributed by atoms with Gasteiger partial charge < -0.3 is 5.73 Å². The van der Waals surface area contributed by atoms with Crippen LogP contribution < -0.4 is 11.1 Å². The summed E-state index contributed by atoms with van der Waals surface area (Å²) in [6, 6.07) is 4.47. The molecule has 22 heavy (non-hydrogen) atoms. The van der Waals surface area contributed by atoms with Crippen molar-refractivity contribution in [3.63, 3.8) is 0 Å². The number of sulfone groups is 1. The molecule has 0 saturated carbocycles. The van der Waals surface area contributed by atoms with E-state index in [4.69, 9.17) is 11.1 Å². The number of unbranched alkanes of at least 4 members (excludes halogenated alkanes) is 1. The summed E-state index contributed by atoms with van der Waals surface area (Å²) in [5.74, 6) is -0.266. The normalized spacial score (nSPS) is 10.6. The molecule has 0 aliphatic carbocycles. The summed E-state index contributed by atoms with van der Waals surface area (Å²) in [6.07, 6.45) is 3.12. The molecule has 0 spiro atoms. The molecule has 9 heteroatoms. The number of carbonyl (C=O) groups is 1. The van der Waals surface area contributed by atoms with E-state index < -0.39 is 21.7 Å². The van der Waals surface area contributed by atoms with E-state index in [0.717, 1.165) is 24.9 Å². The van der Waals surface area contributed by atoms with Crippen LogP contribution in [0.15, 0.2) is 28.0 Å². The van der Waals surface area contributed by atoms with Crippen LogP contribution in [0.5, 0.6) is 0 Å². The van der Waals surface area contributed by atoms with Gasteiger partial charge in [-0.25, -0.2) is 8.42 Å². The summed E-state index contributed by atoms with van der Waals surface area (Å²) in [6.45, 7) is 2.06. The number of nitrogens with two attached hydrogens (primary N) is 1. The van der Waals surface area contributed by atoms with Gasteiger partial charge in [0, 0.05) is 16.7 Å². The second-order valence-electron chi connectivity index (χ2n) is 4.50. The molecule has 0 aliphatic rings. The third kappa shape index (κ3) is 6.25. The first-order chi connectivity index (χ1) is 9.75. The number of carbonyl (C=O) groups excluding carboxylic acids is 1. The Hall–Kier alpha value is -1.25. The molecule has 6 nitrogen and oxygen atoms in total. The van der Waals surface area contributed by atoms with Gasteiger partial charge in [-0.1, -0.05) is 13.3 Å². The fraction of sp³-hybridized carbons (Fsp3) is 0.385. The molecule has 1 aromatic rings. The quantitative estimate of drug-likeness (QED) is 0.309. The molecule has 1 amide bonds. The zero-order valence-corrected chi connectivity index (χ0v) is 14.8. The van der Waals surface area contributed by atoms with Crippen molar-refractivity contribution >= 4 is 45.9 Å². The Morgan fingerprint density at radius 2 is 2.05 bits per heavy atom. The van der Waals surface area contributed by atoms with E-state index >= 15 is 0 Å². The van der Waals surface area contributed by atoms with Crippen LogP contribution in [0.2, 0.25) is 0 Å². The SMILES string of the molecule is CCCCSc1ccc(C(=O)NC(=N)N)cc1S(C)(=O)=O.Cl. The molecular weight excluding hydrogens is 346 g/mol. The lowest BCUT2D eigenvalue weighted by molar-refractivity contribution is 0.0976. The van der Waals surface area contributed by atoms with Gasteiger partial charge in [0.1, 0.15) is 0 Å². The monoisotopic (exact) mass is 365 g/mol. The van der Waals surface area contributed by atoms with Gasteiger partial charge in [-0.2, -0.15) is 0 Å². The molecule has 0 radical (unpaired) electrons. The average molecular weight is 366 g/mol. The second kappa shape index (κ2) is 9.02. The van der Waals surface area contributed by atoms with Crippen molar-refractivity contribution in [3.05, 3.63) is 23.8 Å². The second-order valence-corrected chi connectivity index (χ2v) is 7.62. The molecule has 4 N–H and O–H groups in total. The number of hydrogen-bond acceptors (Lipinski definition) is 5. The summed E-state index contributed by atoms with van der Waals surface area (Å²) in [7, 11) is -3.44. The Morgan fingerprint density at radius 1 is 1.41 bits per heavy atom. The molecule has 1 aromatic carbocycles. The van der Waals surface area contributed by atoms with Crippen molar-refractivity contribution in [3.8, 4) is 0 Å². The van der Waals surface area contributed by atoms with Crippen molar-refractivity contribution in [2.45, 2.75) is 29.6 Å². The third-order valence-corrected chi connectivity index (χ3v) is 5.03.